The van der Waals surface area contributed by atoms with Crippen LogP contribution in [-0.2, 0) is 14.3 Å². The summed E-state index contributed by atoms with van der Waals surface area (Å²) in [6, 6.07) is 0.164. The minimum Gasteiger partial charge on any atom is -0.368 e. The number of primary amides is 1. The van der Waals surface area contributed by atoms with Gasteiger partial charge in [-0.2, -0.15) is 0 Å². The van der Waals surface area contributed by atoms with Gasteiger partial charge in [-0.3, -0.25) is 4.79 Å². The fraction of sp³-hybridized carbons (Fsp3) is 0.900. The molecule has 90 valence electrons. The maximum Gasteiger partial charge on any atom is 0.237 e. The van der Waals surface area contributed by atoms with Gasteiger partial charge >= 0.3 is 0 Å². The van der Waals surface area contributed by atoms with E-state index in [0.717, 1.165) is 0 Å². The standard InChI is InChI=1S/C10H22N2O3/c1-7(2)12-10(3,9(11)13)6-8(14-4)15-5/h7-8,12H,6H2,1-5H3,(H2,11,13). The van der Waals surface area contributed by atoms with E-state index in [1.807, 2.05) is 13.8 Å². The van der Waals surface area contributed by atoms with Gasteiger partial charge in [0.05, 0.1) is 5.54 Å². The molecular weight excluding hydrogens is 196 g/mol. The Hall–Kier alpha value is -0.650. The highest BCUT2D eigenvalue weighted by Crippen LogP contribution is 2.15. The highest BCUT2D eigenvalue weighted by Gasteiger charge is 2.34. The van der Waals surface area contributed by atoms with Gasteiger partial charge in [0.2, 0.25) is 5.91 Å². The van der Waals surface area contributed by atoms with Gasteiger partial charge in [-0.25, -0.2) is 0 Å². The Labute approximate surface area is 91.3 Å². The average Bonchev–Trinajstić information content (AvgIpc) is 2.12. The maximum atomic E-state index is 11.4. The fourth-order valence-corrected chi connectivity index (χ4v) is 1.46. The molecule has 1 amide bonds. The van der Waals surface area contributed by atoms with Gasteiger partial charge in [0.25, 0.3) is 0 Å². The molecule has 0 aliphatic heterocycles. The van der Waals surface area contributed by atoms with Crippen LogP contribution in [0.25, 0.3) is 0 Å². The lowest BCUT2D eigenvalue weighted by Crippen LogP contribution is -2.57. The van der Waals surface area contributed by atoms with Gasteiger partial charge in [-0.15, -0.1) is 0 Å². The second kappa shape index (κ2) is 6.05. The van der Waals surface area contributed by atoms with Crippen LogP contribution >= 0.6 is 0 Å². The Morgan fingerprint density at radius 2 is 1.87 bits per heavy atom. The Kier molecular flexibility index (Phi) is 5.79. The van der Waals surface area contributed by atoms with E-state index in [1.54, 1.807) is 6.92 Å². The number of rotatable bonds is 7. The topological polar surface area (TPSA) is 73.6 Å². The normalized spacial score (nSPS) is 15.7. The summed E-state index contributed by atoms with van der Waals surface area (Å²) in [5.74, 6) is -0.407. The molecule has 1 atom stereocenters. The summed E-state index contributed by atoms with van der Waals surface area (Å²) in [5.41, 5.74) is 4.55. The molecule has 0 spiro atoms. The molecule has 0 aromatic carbocycles. The molecular formula is C10H22N2O3. The van der Waals surface area contributed by atoms with Crippen LogP contribution in [-0.4, -0.2) is 38.0 Å². The quantitative estimate of drug-likeness (QED) is 0.600. The summed E-state index contributed by atoms with van der Waals surface area (Å²) in [6.45, 7) is 5.66. The summed E-state index contributed by atoms with van der Waals surface area (Å²) in [6.07, 6.45) is -0.0539. The van der Waals surface area contributed by atoms with Crippen molar-refractivity contribution >= 4 is 5.91 Å². The summed E-state index contributed by atoms with van der Waals surface area (Å²) in [4.78, 5) is 11.4. The summed E-state index contributed by atoms with van der Waals surface area (Å²) < 4.78 is 10.1. The molecule has 15 heavy (non-hydrogen) atoms. The monoisotopic (exact) mass is 218 g/mol. The number of amides is 1. The van der Waals surface area contributed by atoms with Crippen molar-refractivity contribution in [2.45, 2.75) is 45.1 Å². The first-order valence-corrected chi connectivity index (χ1v) is 4.99. The van der Waals surface area contributed by atoms with E-state index in [1.165, 1.54) is 14.2 Å². The Balaban J connectivity index is 4.56. The molecule has 0 aliphatic carbocycles. The van der Waals surface area contributed by atoms with Crippen molar-refractivity contribution in [1.29, 1.82) is 0 Å². The third kappa shape index (κ3) is 4.59. The number of carbonyl (C=O) groups is 1. The van der Waals surface area contributed by atoms with Crippen LogP contribution in [0.5, 0.6) is 0 Å². The first kappa shape index (κ1) is 14.3. The van der Waals surface area contributed by atoms with Crippen molar-refractivity contribution < 1.29 is 14.3 Å². The minimum absolute atomic E-state index is 0.164. The molecule has 3 N–H and O–H groups in total. The van der Waals surface area contributed by atoms with Crippen LogP contribution in [0.4, 0.5) is 0 Å². The van der Waals surface area contributed by atoms with E-state index in [-0.39, 0.29) is 6.04 Å². The molecule has 0 saturated heterocycles. The van der Waals surface area contributed by atoms with Crippen LogP contribution in [0, 0.1) is 0 Å². The molecule has 0 radical (unpaired) electrons. The van der Waals surface area contributed by atoms with Crippen molar-refractivity contribution in [3.63, 3.8) is 0 Å². The van der Waals surface area contributed by atoms with E-state index < -0.39 is 17.7 Å². The highest BCUT2D eigenvalue weighted by atomic mass is 16.7. The average molecular weight is 218 g/mol. The number of hydrogen-bond donors (Lipinski definition) is 2. The molecule has 0 aliphatic rings. The molecule has 0 fully saturated rings. The van der Waals surface area contributed by atoms with Crippen molar-refractivity contribution in [1.82, 2.24) is 5.32 Å². The zero-order chi connectivity index (χ0) is 12.1. The van der Waals surface area contributed by atoms with Crippen LogP contribution in [0.3, 0.4) is 0 Å². The molecule has 5 heteroatoms. The van der Waals surface area contributed by atoms with Crippen molar-refractivity contribution in [3.05, 3.63) is 0 Å². The molecule has 0 heterocycles. The Morgan fingerprint density at radius 3 is 2.13 bits per heavy atom. The number of carbonyl (C=O) groups excluding carboxylic acids is 1. The number of ether oxygens (including phenoxy) is 2. The summed E-state index contributed by atoms with van der Waals surface area (Å²) >= 11 is 0. The first-order chi connectivity index (χ1) is 6.85. The van der Waals surface area contributed by atoms with Gasteiger partial charge < -0.3 is 20.5 Å². The van der Waals surface area contributed by atoms with Crippen LogP contribution in [0.15, 0.2) is 0 Å². The predicted molar refractivity (Wildman–Crippen MR) is 58.3 cm³/mol. The predicted octanol–water partition coefficient (Wildman–Crippen LogP) is 0.237. The third-order valence-electron chi connectivity index (χ3n) is 2.25. The number of nitrogens with two attached hydrogens (primary N) is 1. The van der Waals surface area contributed by atoms with Crippen LogP contribution in [0.2, 0.25) is 0 Å². The van der Waals surface area contributed by atoms with Gasteiger partial charge in [0.1, 0.15) is 0 Å². The van der Waals surface area contributed by atoms with Crippen molar-refractivity contribution in [2.75, 3.05) is 14.2 Å². The number of nitrogens with one attached hydrogen (secondary N) is 1. The fourth-order valence-electron chi connectivity index (χ4n) is 1.46. The highest BCUT2D eigenvalue weighted by molar-refractivity contribution is 5.84. The molecule has 0 rings (SSSR count). The molecule has 0 aromatic heterocycles. The van der Waals surface area contributed by atoms with Gasteiger partial charge in [-0.05, 0) is 20.8 Å². The van der Waals surface area contributed by atoms with Crippen LogP contribution < -0.4 is 11.1 Å². The zero-order valence-electron chi connectivity index (χ0n) is 10.2. The summed E-state index contributed by atoms with van der Waals surface area (Å²) in [5, 5.41) is 3.12. The molecule has 5 nitrogen and oxygen atoms in total. The van der Waals surface area contributed by atoms with Gasteiger partial charge in [-0.1, -0.05) is 0 Å². The van der Waals surface area contributed by atoms with Gasteiger partial charge in [0.15, 0.2) is 6.29 Å². The van der Waals surface area contributed by atoms with E-state index >= 15 is 0 Å². The lowest BCUT2D eigenvalue weighted by molar-refractivity contribution is -0.138. The Bertz CT molecular complexity index is 205. The van der Waals surface area contributed by atoms with Crippen molar-refractivity contribution in [2.24, 2.45) is 5.73 Å². The largest absolute Gasteiger partial charge is 0.368 e. The van der Waals surface area contributed by atoms with E-state index in [2.05, 4.69) is 5.32 Å². The van der Waals surface area contributed by atoms with E-state index in [4.69, 9.17) is 15.2 Å². The molecule has 1 unspecified atom stereocenters. The van der Waals surface area contributed by atoms with E-state index in [0.29, 0.717) is 6.42 Å². The lowest BCUT2D eigenvalue weighted by atomic mass is 9.95. The molecule has 0 aromatic rings. The second-order valence-corrected chi connectivity index (χ2v) is 4.10. The smallest absolute Gasteiger partial charge is 0.237 e. The summed E-state index contributed by atoms with van der Waals surface area (Å²) in [7, 11) is 3.07. The number of methoxy groups -OCH3 is 2. The first-order valence-electron chi connectivity index (χ1n) is 4.99. The van der Waals surface area contributed by atoms with E-state index in [9.17, 15) is 4.79 Å². The SMILES string of the molecule is COC(CC(C)(NC(C)C)C(N)=O)OC. The maximum absolute atomic E-state index is 11.4. The second-order valence-electron chi connectivity index (χ2n) is 4.10. The molecule has 0 saturated carbocycles. The number of hydrogen-bond acceptors (Lipinski definition) is 4. The Morgan fingerprint density at radius 1 is 1.40 bits per heavy atom. The van der Waals surface area contributed by atoms with Gasteiger partial charge in [0, 0.05) is 26.7 Å². The van der Waals surface area contributed by atoms with Crippen LogP contribution in [0.1, 0.15) is 27.2 Å². The molecule has 0 bridgehead atoms. The third-order valence-corrected chi connectivity index (χ3v) is 2.25. The lowest BCUT2D eigenvalue weighted by Gasteiger charge is -2.32. The van der Waals surface area contributed by atoms with Crippen molar-refractivity contribution in [3.8, 4) is 0 Å². The zero-order valence-corrected chi connectivity index (χ0v) is 10.2. The minimum atomic E-state index is -0.815.